The summed E-state index contributed by atoms with van der Waals surface area (Å²) in [6.45, 7) is 4.11. The highest BCUT2D eigenvalue weighted by Gasteiger charge is 2.28. The Morgan fingerprint density at radius 1 is 1.35 bits per heavy atom. The molecule has 1 heterocycles. The fraction of sp³-hybridized carbons (Fsp3) is 0.562. The second-order valence-electron chi connectivity index (χ2n) is 5.93. The van der Waals surface area contributed by atoms with Crippen molar-refractivity contribution in [1.82, 2.24) is 10.2 Å². The van der Waals surface area contributed by atoms with E-state index in [1.165, 1.54) is 0 Å². The largest absolute Gasteiger partial charge is 0.338 e. The average Bonchev–Trinajstić information content (AvgIpc) is 2.95. The molecule has 1 fully saturated rings. The Kier molecular flexibility index (Phi) is 6.01. The number of hydrogen-bond donors (Lipinski definition) is 2. The van der Waals surface area contributed by atoms with Gasteiger partial charge in [0.2, 0.25) is 10.0 Å². The van der Waals surface area contributed by atoms with Crippen LogP contribution in [0.4, 0.5) is 5.69 Å². The van der Waals surface area contributed by atoms with Crippen molar-refractivity contribution in [3.8, 4) is 0 Å². The number of nitrogens with zero attached hydrogens (tertiary/aromatic N) is 1. The Morgan fingerprint density at radius 2 is 2.09 bits per heavy atom. The number of para-hydroxylation sites is 1. The van der Waals surface area contributed by atoms with E-state index in [0.717, 1.165) is 13.0 Å². The maximum absolute atomic E-state index is 12.7. The quantitative estimate of drug-likeness (QED) is 0.789. The Morgan fingerprint density at radius 3 is 2.78 bits per heavy atom. The minimum atomic E-state index is -3.41. The molecule has 1 amide bonds. The van der Waals surface area contributed by atoms with E-state index >= 15 is 0 Å². The third-order valence-electron chi connectivity index (χ3n) is 3.96. The first-order valence-electron chi connectivity index (χ1n) is 8.00. The van der Waals surface area contributed by atoms with Crippen molar-refractivity contribution in [1.29, 1.82) is 0 Å². The van der Waals surface area contributed by atoms with Gasteiger partial charge in [-0.3, -0.25) is 9.52 Å². The normalized spacial score (nSPS) is 18.2. The standard InChI is InChI=1S/C16H25N3O3S/c1-3-10-23(21,22)18-15-7-5-4-6-14(15)16(20)19-9-8-13(12-19)11-17-2/h4-7,13,17-18H,3,8-12H2,1-2H3. The third-order valence-corrected chi connectivity index (χ3v) is 5.44. The van der Waals surface area contributed by atoms with E-state index in [9.17, 15) is 13.2 Å². The molecule has 6 nitrogen and oxygen atoms in total. The Labute approximate surface area is 138 Å². The number of likely N-dealkylation sites (tertiary alicyclic amines) is 1. The number of rotatable bonds is 7. The second kappa shape index (κ2) is 7.79. The van der Waals surface area contributed by atoms with Gasteiger partial charge in [0.1, 0.15) is 0 Å². The van der Waals surface area contributed by atoms with Crippen molar-refractivity contribution in [3.05, 3.63) is 29.8 Å². The van der Waals surface area contributed by atoms with Gasteiger partial charge < -0.3 is 10.2 Å². The molecule has 0 saturated carbocycles. The molecule has 2 rings (SSSR count). The van der Waals surface area contributed by atoms with Gasteiger partial charge >= 0.3 is 0 Å². The lowest BCUT2D eigenvalue weighted by molar-refractivity contribution is 0.0788. The summed E-state index contributed by atoms with van der Waals surface area (Å²) in [6, 6.07) is 6.81. The summed E-state index contributed by atoms with van der Waals surface area (Å²) in [4.78, 5) is 14.5. The average molecular weight is 339 g/mol. The summed E-state index contributed by atoms with van der Waals surface area (Å²) in [6.07, 6.45) is 1.50. The fourth-order valence-corrected chi connectivity index (χ4v) is 4.04. The van der Waals surface area contributed by atoms with E-state index in [0.29, 0.717) is 36.7 Å². The Hall–Kier alpha value is -1.60. The van der Waals surface area contributed by atoms with Crippen LogP contribution < -0.4 is 10.0 Å². The van der Waals surface area contributed by atoms with Gasteiger partial charge in [0.15, 0.2) is 0 Å². The van der Waals surface area contributed by atoms with E-state index in [1.807, 2.05) is 14.0 Å². The van der Waals surface area contributed by atoms with Gasteiger partial charge in [-0.05, 0) is 44.5 Å². The van der Waals surface area contributed by atoms with Gasteiger partial charge in [-0.15, -0.1) is 0 Å². The summed E-state index contributed by atoms with van der Waals surface area (Å²) in [7, 11) is -1.51. The Balaban J connectivity index is 2.15. The van der Waals surface area contributed by atoms with Gasteiger partial charge in [0.05, 0.1) is 17.0 Å². The van der Waals surface area contributed by atoms with Gasteiger partial charge in [-0.25, -0.2) is 8.42 Å². The van der Waals surface area contributed by atoms with Crippen LogP contribution in [0.15, 0.2) is 24.3 Å². The van der Waals surface area contributed by atoms with E-state index in [1.54, 1.807) is 29.2 Å². The lowest BCUT2D eigenvalue weighted by Crippen LogP contribution is -2.31. The number of sulfonamides is 1. The molecule has 23 heavy (non-hydrogen) atoms. The summed E-state index contributed by atoms with van der Waals surface area (Å²) < 4.78 is 26.5. The van der Waals surface area contributed by atoms with Crippen LogP contribution in [0.5, 0.6) is 0 Å². The molecule has 1 aliphatic rings. The van der Waals surface area contributed by atoms with Crippen LogP contribution in [0.3, 0.4) is 0 Å². The molecule has 0 spiro atoms. The first-order chi connectivity index (χ1) is 11.0. The molecule has 0 radical (unpaired) electrons. The zero-order chi connectivity index (χ0) is 16.9. The molecule has 1 aliphatic heterocycles. The number of anilines is 1. The van der Waals surface area contributed by atoms with Gasteiger partial charge in [0.25, 0.3) is 5.91 Å². The van der Waals surface area contributed by atoms with Crippen molar-refractivity contribution in [3.63, 3.8) is 0 Å². The molecule has 1 aromatic rings. The highest BCUT2D eigenvalue weighted by atomic mass is 32.2. The van der Waals surface area contributed by atoms with E-state index < -0.39 is 10.0 Å². The number of amides is 1. The summed E-state index contributed by atoms with van der Waals surface area (Å²) >= 11 is 0. The van der Waals surface area contributed by atoms with Crippen LogP contribution in [0, 0.1) is 5.92 Å². The topological polar surface area (TPSA) is 78.5 Å². The summed E-state index contributed by atoms with van der Waals surface area (Å²) in [5.74, 6) is 0.384. The lowest BCUT2D eigenvalue weighted by Gasteiger charge is -2.19. The van der Waals surface area contributed by atoms with Gasteiger partial charge in [-0.2, -0.15) is 0 Å². The van der Waals surface area contributed by atoms with Crippen molar-refractivity contribution >= 4 is 21.6 Å². The molecule has 1 saturated heterocycles. The van der Waals surface area contributed by atoms with Crippen LogP contribution in [0.1, 0.15) is 30.1 Å². The molecule has 7 heteroatoms. The molecule has 0 aliphatic carbocycles. The maximum atomic E-state index is 12.7. The molecular formula is C16H25N3O3S. The smallest absolute Gasteiger partial charge is 0.255 e. The lowest BCUT2D eigenvalue weighted by atomic mass is 10.1. The number of benzene rings is 1. The number of hydrogen-bond acceptors (Lipinski definition) is 4. The SMILES string of the molecule is CCCS(=O)(=O)Nc1ccccc1C(=O)N1CCC(CNC)C1. The minimum Gasteiger partial charge on any atom is -0.338 e. The fourth-order valence-electron chi connectivity index (χ4n) is 2.89. The minimum absolute atomic E-state index is 0.0451. The van der Waals surface area contributed by atoms with Gasteiger partial charge in [0, 0.05) is 13.1 Å². The molecule has 1 unspecified atom stereocenters. The molecule has 1 atom stereocenters. The summed E-state index contributed by atoms with van der Waals surface area (Å²) in [5.41, 5.74) is 0.778. The summed E-state index contributed by atoms with van der Waals surface area (Å²) in [5, 5.41) is 3.14. The van der Waals surface area contributed by atoms with Crippen LogP contribution >= 0.6 is 0 Å². The third kappa shape index (κ3) is 4.68. The van der Waals surface area contributed by atoms with Crippen LogP contribution in [0.25, 0.3) is 0 Å². The van der Waals surface area contributed by atoms with Gasteiger partial charge in [-0.1, -0.05) is 19.1 Å². The number of carbonyl (C=O) groups is 1. The van der Waals surface area contributed by atoms with Crippen LogP contribution in [0.2, 0.25) is 0 Å². The van der Waals surface area contributed by atoms with Crippen molar-refractivity contribution in [2.45, 2.75) is 19.8 Å². The predicted molar refractivity (Wildman–Crippen MR) is 92.1 cm³/mol. The predicted octanol–water partition coefficient (Wildman–Crippen LogP) is 1.52. The zero-order valence-corrected chi connectivity index (χ0v) is 14.5. The van der Waals surface area contributed by atoms with E-state index in [-0.39, 0.29) is 11.7 Å². The number of nitrogens with one attached hydrogen (secondary N) is 2. The van der Waals surface area contributed by atoms with Crippen molar-refractivity contribution in [2.75, 3.05) is 37.2 Å². The molecular weight excluding hydrogens is 314 g/mol. The molecule has 0 aromatic heterocycles. The maximum Gasteiger partial charge on any atom is 0.255 e. The first-order valence-corrected chi connectivity index (χ1v) is 9.65. The highest BCUT2D eigenvalue weighted by molar-refractivity contribution is 7.92. The van der Waals surface area contributed by atoms with E-state index in [2.05, 4.69) is 10.0 Å². The van der Waals surface area contributed by atoms with Crippen LogP contribution in [-0.4, -0.2) is 51.7 Å². The van der Waals surface area contributed by atoms with Crippen molar-refractivity contribution in [2.24, 2.45) is 5.92 Å². The molecule has 0 bridgehead atoms. The zero-order valence-electron chi connectivity index (χ0n) is 13.7. The van der Waals surface area contributed by atoms with E-state index in [4.69, 9.17) is 0 Å². The number of carbonyl (C=O) groups excluding carboxylic acids is 1. The molecule has 1 aromatic carbocycles. The van der Waals surface area contributed by atoms with Crippen molar-refractivity contribution < 1.29 is 13.2 Å². The first kappa shape index (κ1) is 17.7. The highest BCUT2D eigenvalue weighted by Crippen LogP contribution is 2.23. The second-order valence-corrected chi connectivity index (χ2v) is 7.77. The molecule has 128 valence electrons. The Bertz CT molecular complexity index is 646. The monoisotopic (exact) mass is 339 g/mol. The van der Waals surface area contributed by atoms with Crippen LogP contribution in [-0.2, 0) is 10.0 Å². The molecule has 2 N–H and O–H groups in total.